The lowest BCUT2D eigenvalue weighted by molar-refractivity contribution is -0.167. The summed E-state index contributed by atoms with van der Waals surface area (Å²) < 4.78 is 16.8. The Balaban J connectivity index is 4.34. The monoisotopic (exact) mass is 807 g/mol. The summed E-state index contributed by atoms with van der Waals surface area (Å²) in [4.78, 5) is 37.9. The van der Waals surface area contributed by atoms with E-state index in [1.165, 1.54) is 154 Å². The van der Waals surface area contributed by atoms with E-state index in [0.717, 1.165) is 75.5 Å². The van der Waals surface area contributed by atoms with Crippen molar-refractivity contribution < 1.29 is 28.6 Å². The number of esters is 3. The number of unbranched alkanes of at least 4 members (excludes halogenated alkanes) is 25. The second-order valence-electron chi connectivity index (χ2n) is 18.4. The minimum absolute atomic E-state index is 0.0655. The first-order valence-electron chi connectivity index (χ1n) is 25.2. The van der Waals surface area contributed by atoms with Crippen molar-refractivity contribution in [1.29, 1.82) is 0 Å². The summed E-state index contributed by atoms with van der Waals surface area (Å²) >= 11 is 0. The average molecular weight is 807 g/mol. The highest BCUT2D eigenvalue weighted by molar-refractivity contribution is 5.71. The van der Waals surface area contributed by atoms with Crippen LogP contribution in [0.15, 0.2) is 0 Å². The Bertz CT molecular complexity index is 887. The van der Waals surface area contributed by atoms with E-state index < -0.39 is 6.10 Å². The Morgan fingerprint density at radius 2 is 0.614 bits per heavy atom. The topological polar surface area (TPSA) is 78.9 Å². The summed E-state index contributed by atoms with van der Waals surface area (Å²) in [6.07, 6.45) is 40.8. The minimum atomic E-state index is -0.763. The molecule has 0 radical (unpaired) electrons. The van der Waals surface area contributed by atoms with Crippen molar-refractivity contribution in [3.05, 3.63) is 0 Å². The fraction of sp³-hybridized carbons (Fsp3) is 0.941. The van der Waals surface area contributed by atoms with Crippen LogP contribution in [0.5, 0.6) is 0 Å². The van der Waals surface area contributed by atoms with Crippen molar-refractivity contribution in [3.8, 4) is 0 Å². The molecule has 57 heavy (non-hydrogen) atoms. The zero-order valence-corrected chi connectivity index (χ0v) is 39.1. The summed E-state index contributed by atoms with van der Waals surface area (Å²) in [5, 5.41) is 0. The first-order valence-corrected chi connectivity index (χ1v) is 25.2. The highest BCUT2D eigenvalue weighted by atomic mass is 16.6. The Kier molecular flexibility index (Phi) is 41.3. The van der Waals surface area contributed by atoms with E-state index in [2.05, 4.69) is 41.5 Å². The Hall–Kier alpha value is -1.59. The number of carbonyl (C=O) groups is 3. The number of carbonyl (C=O) groups excluding carboxylic acids is 3. The SMILES string of the molecule is CCC(C)CCCCCCCCCCCCC(=O)OC[C@@H](COC(=O)CCCCCCCCCCCCC(C)C)OC(=O)CCCCCCCCCCC(C)CC. The zero-order chi connectivity index (χ0) is 42.0. The maximum absolute atomic E-state index is 12.8. The summed E-state index contributed by atoms with van der Waals surface area (Å²) in [5.74, 6) is 1.68. The predicted molar refractivity (Wildman–Crippen MR) is 243 cm³/mol. The van der Waals surface area contributed by atoms with Crippen LogP contribution >= 0.6 is 0 Å². The molecule has 0 aromatic rings. The van der Waals surface area contributed by atoms with Crippen molar-refractivity contribution in [2.24, 2.45) is 17.8 Å². The molecule has 0 saturated heterocycles. The Labute approximate surface area is 355 Å². The lowest BCUT2D eigenvalue weighted by Gasteiger charge is -2.18. The predicted octanol–water partition coefficient (Wildman–Crippen LogP) is 16.0. The molecule has 0 aromatic heterocycles. The molecule has 0 saturated carbocycles. The molecular weight excluding hydrogens is 709 g/mol. The molecule has 0 N–H and O–H groups in total. The first-order chi connectivity index (χ1) is 27.7. The number of ether oxygens (including phenoxy) is 3. The van der Waals surface area contributed by atoms with Gasteiger partial charge in [0.1, 0.15) is 13.2 Å². The van der Waals surface area contributed by atoms with Gasteiger partial charge in [-0.15, -0.1) is 0 Å². The van der Waals surface area contributed by atoms with E-state index in [0.29, 0.717) is 19.3 Å². The fourth-order valence-corrected chi connectivity index (χ4v) is 7.52. The number of hydrogen-bond donors (Lipinski definition) is 0. The van der Waals surface area contributed by atoms with Crippen molar-refractivity contribution in [2.45, 2.75) is 279 Å². The molecule has 0 bridgehead atoms. The number of rotatable bonds is 44. The van der Waals surface area contributed by atoms with Crippen LogP contribution in [0.2, 0.25) is 0 Å². The summed E-state index contributed by atoms with van der Waals surface area (Å²) in [5.41, 5.74) is 0. The molecule has 6 heteroatoms. The average Bonchev–Trinajstić information content (AvgIpc) is 3.19. The van der Waals surface area contributed by atoms with Gasteiger partial charge in [0, 0.05) is 19.3 Å². The second-order valence-corrected chi connectivity index (χ2v) is 18.4. The maximum Gasteiger partial charge on any atom is 0.306 e. The molecule has 0 aliphatic heterocycles. The van der Waals surface area contributed by atoms with Gasteiger partial charge in [-0.2, -0.15) is 0 Å². The fourth-order valence-electron chi connectivity index (χ4n) is 7.52. The highest BCUT2D eigenvalue weighted by Crippen LogP contribution is 2.18. The van der Waals surface area contributed by atoms with E-state index in [9.17, 15) is 14.4 Å². The third-order valence-electron chi connectivity index (χ3n) is 12.1. The Morgan fingerprint density at radius 1 is 0.351 bits per heavy atom. The molecule has 6 nitrogen and oxygen atoms in total. The van der Waals surface area contributed by atoms with Crippen LogP contribution < -0.4 is 0 Å². The van der Waals surface area contributed by atoms with Crippen LogP contribution in [-0.4, -0.2) is 37.2 Å². The van der Waals surface area contributed by atoms with E-state index in [4.69, 9.17) is 14.2 Å². The van der Waals surface area contributed by atoms with Gasteiger partial charge in [-0.25, -0.2) is 0 Å². The van der Waals surface area contributed by atoms with Crippen molar-refractivity contribution in [2.75, 3.05) is 13.2 Å². The van der Waals surface area contributed by atoms with E-state index in [1.54, 1.807) is 0 Å². The quantitative estimate of drug-likeness (QED) is 0.0347. The molecular formula is C51H98O6. The molecule has 0 spiro atoms. The number of hydrogen-bond acceptors (Lipinski definition) is 6. The molecule has 0 amide bonds. The molecule has 0 aromatic carbocycles. The van der Waals surface area contributed by atoms with E-state index in [-0.39, 0.29) is 31.1 Å². The van der Waals surface area contributed by atoms with Gasteiger partial charge in [0.2, 0.25) is 0 Å². The molecule has 0 rings (SSSR count). The largest absolute Gasteiger partial charge is 0.462 e. The van der Waals surface area contributed by atoms with Crippen LogP contribution in [0.3, 0.4) is 0 Å². The lowest BCUT2D eigenvalue weighted by atomic mass is 9.99. The zero-order valence-electron chi connectivity index (χ0n) is 39.1. The molecule has 0 aliphatic carbocycles. The van der Waals surface area contributed by atoms with Crippen LogP contribution in [-0.2, 0) is 28.6 Å². The minimum Gasteiger partial charge on any atom is -0.462 e. The molecule has 3 atom stereocenters. The van der Waals surface area contributed by atoms with Crippen LogP contribution in [0.25, 0.3) is 0 Å². The van der Waals surface area contributed by atoms with Gasteiger partial charge in [-0.05, 0) is 37.0 Å². The van der Waals surface area contributed by atoms with Gasteiger partial charge in [-0.1, -0.05) is 234 Å². The van der Waals surface area contributed by atoms with Gasteiger partial charge in [-0.3, -0.25) is 14.4 Å². The lowest BCUT2D eigenvalue weighted by Crippen LogP contribution is -2.30. The molecule has 0 fully saturated rings. The summed E-state index contributed by atoms with van der Waals surface area (Å²) in [7, 11) is 0. The van der Waals surface area contributed by atoms with Crippen molar-refractivity contribution >= 4 is 17.9 Å². The van der Waals surface area contributed by atoms with Gasteiger partial charge < -0.3 is 14.2 Å². The van der Waals surface area contributed by atoms with E-state index in [1.807, 2.05) is 0 Å². The smallest absolute Gasteiger partial charge is 0.306 e. The molecule has 0 aliphatic rings. The van der Waals surface area contributed by atoms with Crippen molar-refractivity contribution in [3.63, 3.8) is 0 Å². The summed E-state index contributed by atoms with van der Waals surface area (Å²) in [6, 6.07) is 0. The van der Waals surface area contributed by atoms with Crippen LogP contribution in [0, 0.1) is 17.8 Å². The van der Waals surface area contributed by atoms with Gasteiger partial charge >= 0.3 is 17.9 Å². The third-order valence-corrected chi connectivity index (χ3v) is 12.1. The summed E-state index contributed by atoms with van der Waals surface area (Å²) in [6.45, 7) is 13.7. The van der Waals surface area contributed by atoms with Gasteiger partial charge in [0.25, 0.3) is 0 Å². The Morgan fingerprint density at radius 3 is 0.912 bits per heavy atom. The van der Waals surface area contributed by atoms with Crippen molar-refractivity contribution in [1.82, 2.24) is 0 Å². The molecule has 2 unspecified atom stereocenters. The first kappa shape index (κ1) is 55.4. The normalized spacial score (nSPS) is 13.1. The maximum atomic E-state index is 12.8. The van der Waals surface area contributed by atoms with Crippen LogP contribution in [0.1, 0.15) is 273 Å². The third kappa shape index (κ3) is 42.3. The molecule has 338 valence electrons. The van der Waals surface area contributed by atoms with Crippen LogP contribution in [0.4, 0.5) is 0 Å². The van der Waals surface area contributed by atoms with Gasteiger partial charge in [0.05, 0.1) is 0 Å². The highest BCUT2D eigenvalue weighted by Gasteiger charge is 2.19. The second kappa shape index (κ2) is 42.5. The standard InChI is InChI=1S/C51H98O6/c1-7-46(5)38-32-26-20-14-10-12-16-23-29-35-41-50(53)56-44-48(57-51(54)42-36-30-24-18-17-21-27-33-39-47(6)8-2)43-55-49(52)40-34-28-22-15-11-9-13-19-25-31-37-45(3)4/h45-48H,7-44H2,1-6H3/t46?,47?,48-/m1/s1. The van der Waals surface area contributed by atoms with E-state index >= 15 is 0 Å². The molecule has 0 heterocycles. The van der Waals surface area contributed by atoms with Gasteiger partial charge in [0.15, 0.2) is 6.10 Å².